The van der Waals surface area contributed by atoms with Gasteiger partial charge >= 0.3 is 0 Å². The molecule has 1 unspecified atom stereocenters. The molecule has 0 aliphatic rings. The third kappa shape index (κ3) is 2.53. The zero-order chi connectivity index (χ0) is 12.4. The Bertz CT molecular complexity index is 522. The molecular weight excluding hydrogens is 235 g/mol. The van der Waals surface area contributed by atoms with Gasteiger partial charge in [-0.15, -0.1) is 11.3 Å². The SMILES string of the molecule is CNC(c1csc(C)n1)c1cc(F)ccc1C. The highest BCUT2D eigenvalue weighted by Gasteiger charge is 2.17. The van der Waals surface area contributed by atoms with E-state index in [0.29, 0.717) is 0 Å². The first-order valence-electron chi connectivity index (χ1n) is 5.47. The Morgan fingerprint density at radius 3 is 2.71 bits per heavy atom. The van der Waals surface area contributed by atoms with Crippen molar-refractivity contribution in [3.05, 3.63) is 51.2 Å². The lowest BCUT2D eigenvalue weighted by atomic mass is 9.99. The summed E-state index contributed by atoms with van der Waals surface area (Å²) in [4.78, 5) is 4.46. The molecule has 2 rings (SSSR count). The van der Waals surface area contributed by atoms with Gasteiger partial charge in [0, 0.05) is 5.38 Å². The van der Waals surface area contributed by atoms with E-state index in [0.717, 1.165) is 21.8 Å². The van der Waals surface area contributed by atoms with Crippen molar-refractivity contribution < 1.29 is 4.39 Å². The van der Waals surface area contributed by atoms with Gasteiger partial charge in [-0.2, -0.15) is 0 Å². The fourth-order valence-corrected chi connectivity index (χ4v) is 2.54. The molecule has 1 heterocycles. The van der Waals surface area contributed by atoms with E-state index in [1.165, 1.54) is 6.07 Å². The molecule has 0 saturated heterocycles. The maximum absolute atomic E-state index is 13.3. The lowest BCUT2D eigenvalue weighted by Crippen LogP contribution is -2.19. The lowest BCUT2D eigenvalue weighted by Gasteiger charge is -2.17. The minimum atomic E-state index is -0.210. The number of nitrogens with zero attached hydrogens (tertiary/aromatic N) is 1. The van der Waals surface area contributed by atoms with E-state index in [1.54, 1.807) is 23.5 Å². The van der Waals surface area contributed by atoms with Crippen molar-refractivity contribution in [1.29, 1.82) is 0 Å². The molecule has 2 aromatic rings. The predicted octanol–water partition coefficient (Wildman–Crippen LogP) is 3.21. The largest absolute Gasteiger partial charge is 0.308 e. The van der Waals surface area contributed by atoms with Crippen molar-refractivity contribution in [2.24, 2.45) is 0 Å². The van der Waals surface area contributed by atoms with Crippen LogP contribution < -0.4 is 5.32 Å². The average molecular weight is 250 g/mol. The number of benzene rings is 1. The summed E-state index contributed by atoms with van der Waals surface area (Å²) in [7, 11) is 1.86. The maximum atomic E-state index is 13.3. The standard InChI is InChI=1S/C13H15FN2S/c1-8-4-5-10(14)6-11(8)13(15-3)12-7-17-9(2)16-12/h4-7,13,15H,1-3H3. The first kappa shape index (κ1) is 12.2. The second kappa shape index (κ2) is 4.94. The van der Waals surface area contributed by atoms with Crippen LogP contribution in [0.15, 0.2) is 23.6 Å². The van der Waals surface area contributed by atoms with Crippen molar-refractivity contribution in [3.8, 4) is 0 Å². The summed E-state index contributed by atoms with van der Waals surface area (Å²) in [5.74, 6) is -0.210. The zero-order valence-corrected chi connectivity index (χ0v) is 10.9. The van der Waals surface area contributed by atoms with Gasteiger partial charge in [-0.25, -0.2) is 9.37 Å². The quantitative estimate of drug-likeness (QED) is 0.904. The second-order valence-corrected chi connectivity index (χ2v) is 5.08. The molecule has 90 valence electrons. The molecule has 0 aliphatic heterocycles. The summed E-state index contributed by atoms with van der Waals surface area (Å²) in [5, 5.41) is 6.23. The number of hydrogen-bond donors (Lipinski definition) is 1. The third-order valence-electron chi connectivity index (χ3n) is 2.77. The summed E-state index contributed by atoms with van der Waals surface area (Å²) < 4.78 is 13.3. The van der Waals surface area contributed by atoms with Gasteiger partial charge in [-0.05, 0) is 44.2 Å². The summed E-state index contributed by atoms with van der Waals surface area (Å²) >= 11 is 1.61. The Kier molecular flexibility index (Phi) is 3.54. The lowest BCUT2D eigenvalue weighted by molar-refractivity contribution is 0.612. The summed E-state index contributed by atoms with van der Waals surface area (Å²) in [5.41, 5.74) is 2.96. The van der Waals surface area contributed by atoms with E-state index in [2.05, 4.69) is 10.3 Å². The molecule has 2 nitrogen and oxygen atoms in total. The normalized spacial score (nSPS) is 12.7. The highest BCUT2D eigenvalue weighted by Crippen LogP contribution is 2.26. The third-order valence-corrected chi connectivity index (χ3v) is 3.57. The van der Waals surface area contributed by atoms with Crippen molar-refractivity contribution in [1.82, 2.24) is 10.3 Å². The van der Waals surface area contributed by atoms with Crippen molar-refractivity contribution in [3.63, 3.8) is 0 Å². The van der Waals surface area contributed by atoms with E-state index in [-0.39, 0.29) is 11.9 Å². The molecular formula is C13H15FN2S. The highest BCUT2D eigenvalue weighted by molar-refractivity contribution is 7.09. The van der Waals surface area contributed by atoms with Gasteiger partial charge in [0.05, 0.1) is 16.7 Å². The van der Waals surface area contributed by atoms with Gasteiger partial charge in [-0.3, -0.25) is 0 Å². The van der Waals surface area contributed by atoms with Crippen molar-refractivity contribution >= 4 is 11.3 Å². The minimum absolute atomic E-state index is 0.0457. The van der Waals surface area contributed by atoms with Crippen LogP contribution in [0.25, 0.3) is 0 Å². The van der Waals surface area contributed by atoms with Gasteiger partial charge in [0.25, 0.3) is 0 Å². The summed E-state index contributed by atoms with van der Waals surface area (Å²) in [6, 6.07) is 4.81. The molecule has 1 aromatic carbocycles. The van der Waals surface area contributed by atoms with E-state index in [9.17, 15) is 4.39 Å². The zero-order valence-electron chi connectivity index (χ0n) is 10.1. The van der Waals surface area contributed by atoms with Crippen molar-refractivity contribution in [2.45, 2.75) is 19.9 Å². The molecule has 0 fully saturated rings. The number of rotatable bonds is 3. The molecule has 0 radical (unpaired) electrons. The van der Waals surface area contributed by atoms with Crippen LogP contribution in [0.1, 0.15) is 27.9 Å². The van der Waals surface area contributed by atoms with Crippen LogP contribution in [0.3, 0.4) is 0 Å². The molecule has 0 saturated carbocycles. The van der Waals surface area contributed by atoms with E-state index in [1.807, 2.05) is 26.3 Å². The van der Waals surface area contributed by atoms with Gasteiger partial charge in [0.15, 0.2) is 0 Å². The van der Waals surface area contributed by atoms with Crippen molar-refractivity contribution in [2.75, 3.05) is 7.05 Å². The van der Waals surface area contributed by atoms with Gasteiger partial charge in [-0.1, -0.05) is 6.07 Å². The molecule has 0 bridgehead atoms. The monoisotopic (exact) mass is 250 g/mol. The number of nitrogens with one attached hydrogen (secondary N) is 1. The summed E-state index contributed by atoms with van der Waals surface area (Å²) in [6.45, 7) is 3.96. The van der Waals surface area contributed by atoms with Gasteiger partial charge in [0.1, 0.15) is 5.82 Å². The first-order valence-corrected chi connectivity index (χ1v) is 6.35. The molecule has 0 amide bonds. The van der Waals surface area contributed by atoms with E-state index >= 15 is 0 Å². The molecule has 1 atom stereocenters. The molecule has 17 heavy (non-hydrogen) atoms. The topological polar surface area (TPSA) is 24.9 Å². The Morgan fingerprint density at radius 1 is 1.35 bits per heavy atom. The number of halogens is 1. The number of thiazole rings is 1. The Labute approximate surface area is 105 Å². The fourth-order valence-electron chi connectivity index (χ4n) is 1.90. The van der Waals surface area contributed by atoms with E-state index < -0.39 is 0 Å². The molecule has 0 aliphatic carbocycles. The highest BCUT2D eigenvalue weighted by atomic mass is 32.1. The molecule has 0 spiro atoms. The molecule has 4 heteroatoms. The minimum Gasteiger partial charge on any atom is -0.308 e. The van der Waals surface area contributed by atoms with Gasteiger partial charge < -0.3 is 5.32 Å². The van der Waals surface area contributed by atoms with Crippen LogP contribution in [-0.2, 0) is 0 Å². The molecule has 1 N–H and O–H groups in total. The van der Waals surface area contributed by atoms with Crippen LogP contribution in [0.4, 0.5) is 4.39 Å². The Hall–Kier alpha value is -1.26. The number of hydrogen-bond acceptors (Lipinski definition) is 3. The van der Waals surface area contributed by atoms with E-state index in [4.69, 9.17) is 0 Å². The van der Waals surface area contributed by atoms with Crippen LogP contribution in [0.2, 0.25) is 0 Å². The Morgan fingerprint density at radius 2 is 2.12 bits per heavy atom. The van der Waals surface area contributed by atoms with Crippen LogP contribution in [0.5, 0.6) is 0 Å². The number of aromatic nitrogens is 1. The second-order valence-electron chi connectivity index (χ2n) is 4.01. The average Bonchev–Trinajstić information content (AvgIpc) is 2.71. The fraction of sp³-hybridized carbons (Fsp3) is 0.308. The van der Waals surface area contributed by atoms with Crippen LogP contribution >= 0.6 is 11.3 Å². The van der Waals surface area contributed by atoms with Crippen LogP contribution in [-0.4, -0.2) is 12.0 Å². The van der Waals surface area contributed by atoms with Gasteiger partial charge in [0.2, 0.25) is 0 Å². The Balaban J connectivity index is 2.45. The molecule has 1 aromatic heterocycles. The predicted molar refractivity (Wildman–Crippen MR) is 68.9 cm³/mol. The smallest absolute Gasteiger partial charge is 0.123 e. The van der Waals surface area contributed by atoms with Crippen LogP contribution in [0, 0.1) is 19.7 Å². The number of aryl methyl sites for hydroxylation is 2. The maximum Gasteiger partial charge on any atom is 0.123 e. The summed E-state index contributed by atoms with van der Waals surface area (Å²) in [6.07, 6.45) is 0. The first-order chi connectivity index (χ1) is 8.11.